The van der Waals surface area contributed by atoms with Crippen molar-refractivity contribution in [3.8, 4) is 0 Å². The predicted octanol–water partition coefficient (Wildman–Crippen LogP) is 8.49. The zero-order chi connectivity index (χ0) is 21.8. The smallest absolute Gasteiger partial charge is 0.317 e. The maximum absolute atomic E-state index is 12.6. The molecule has 172 valence electrons. The molecule has 0 aliphatic carbocycles. The van der Waals surface area contributed by atoms with E-state index in [0.29, 0.717) is 19.3 Å². The molecular weight excluding hydrogens is 360 g/mol. The first-order chi connectivity index (χ1) is 14.0. The monoisotopic (exact) mass is 410 g/mol. The van der Waals surface area contributed by atoms with Gasteiger partial charge in [0.2, 0.25) is 0 Å². The largest absolute Gasteiger partial charge is 0.480 e. The van der Waals surface area contributed by atoms with E-state index in [9.17, 15) is 14.7 Å². The lowest BCUT2D eigenvalue weighted by atomic mass is 9.73. The SMILES string of the molecule is CCCCCCCCCCCCCCCCC(CCCC)(C(=O)O)C(=O)CCC. The summed E-state index contributed by atoms with van der Waals surface area (Å²) in [6, 6.07) is 0. The highest BCUT2D eigenvalue weighted by Crippen LogP contribution is 2.35. The molecule has 1 unspecified atom stereocenters. The molecule has 1 atom stereocenters. The van der Waals surface area contributed by atoms with Gasteiger partial charge in [-0.25, -0.2) is 0 Å². The van der Waals surface area contributed by atoms with Crippen LogP contribution in [0.4, 0.5) is 0 Å². The average Bonchev–Trinajstić information content (AvgIpc) is 2.70. The van der Waals surface area contributed by atoms with Gasteiger partial charge in [0.15, 0.2) is 0 Å². The van der Waals surface area contributed by atoms with E-state index in [2.05, 4.69) is 13.8 Å². The predicted molar refractivity (Wildman–Crippen MR) is 124 cm³/mol. The Bertz CT molecular complexity index is 405. The second-order valence-corrected chi connectivity index (χ2v) is 9.01. The standard InChI is InChI=1S/C26H50O3/c1-4-7-9-10-11-12-13-14-15-16-17-18-19-20-23-26(25(28)29,22-8-5-2)24(27)21-6-3/h4-23H2,1-3H3,(H,28,29). The summed E-state index contributed by atoms with van der Waals surface area (Å²) in [7, 11) is 0. The maximum atomic E-state index is 12.6. The topological polar surface area (TPSA) is 54.4 Å². The Morgan fingerprint density at radius 3 is 1.31 bits per heavy atom. The number of hydrogen-bond acceptors (Lipinski definition) is 2. The van der Waals surface area contributed by atoms with Gasteiger partial charge < -0.3 is 5.11 Å². The number of carboxylic acid groups (broad SMARTS) is 1. The second kappa shape index (κ2) is 19.1. The number of ketones is 1. The minimum atomic E-state index is -1.12. The van der Waals surface area contributed by atoms with Crippen LogP contribution in [0.2, 0.25) is 0 Å². The van der Waals surface area contributed by atoms with E-state index in [4.69, 9.17) is 0 Å². The molecule has 0 aromatic rings. The van der Waals surface area contributed by atoms with Gasteiger partial charge >= 0.3 is 5.97 Å². The summed E-state index contributed by atoms with van der Waals surface area (Å²) in [5.41, 5.74) is -1.12. The third-order valence-corrected chi connectivity index (χ3v) is 6.33. The van der Waals surface area contributed by atoms with E-state index in [0.717, 1.165) is 32.1 Å². The molecule has 0 aromatic carbocycles. The van der Waals surface area contributed by atoms with Crippen LogP contribution in [0.1, 0.15) is 149 Å². The molecule has 1 N–H and O–H groups in total. The van der Waals surface area contributed by atoms with Crippen LogP contribution in [0.25, 0.3) is 0 Å². The van der Waals surface area contributed by atoms with Gasteiger partial charge in [0, 0.05) is 6.42 Å². The number of Topliss-reactive ketones (excluding diaryl/α,β-unsaturated/α-hetero) is 1. The quantitative estimate of drug-likeness (QED) is 0.144. The molecule has 0 spiro atoms. The number of rotatable bonds is 22. The molecule has 29 heavy (non-hydrogen) atoms. The first-order valence-corrected chi connectivity index (χ1v) is 12.8. The Morgan fingerprint density at radius 1 is 0.552 bits per heavy atom. The lowest BCUT2D eigenvalue weighted by molar-refractivity contribution is -0.156. The van der Waals surface area contributed by atoms with Crippen LogP contribution in [0.15, 0.2) is 0 Å². The third kappa shape index (κ3) is 13.1. The highest BCUT2D eigenvalue weighted by molar-refractivity contribution is 6.03. The highest BCUT2D eigenvalue weighted by atomic mass is 16.4. The highest BCUT2D eigenvalue weighted by Gasteiger charge is 2.43. The van der Waals surface area contributed by atoms with Crippen LogP contribution in [-0.2, 0) is 9.59 Å². The minimum Gasteiger partial charge on any atom is -0.480 e. The Kier molecular flexibility index (Phi) is 18.6. The average molecular weight is 411 g/mol. The van der Waals surface area contributed by atoms with E-state index in [1.807, 2.05) is 6.92 Å². The molecule has 0 aliphatic heterocycles. The van der Waals surface area contributed by atoms with E-state index in [-0.39, 0.29) is 5.78 Å². The van der Waals surface area contributed by atoms with Gasteiger partial charge in [-0.2, -0.15) is 0 Å². The summed E-state index contributed by atoms with van der Waals surface area (Å²) in [5.74, 6) is -0.935. The molecular formula is C26H50O3. The zero-order valence-electron chi connectivity index (χ0n) is 19.9. The fraction of sp³-hybridized carbons (Fsp3) is 0.923. The fourth-order valence-corrected chi connectivity index (χ4v) is 4.30. The maximum Gasteiger partial charge on any atom is 0.317 e. The van der Waals surface area contributed by atoms with Gasteiger partial charge in [0.25, 0.3) is 0 Å². The van der Waals surface area contributed by atoms with Crippen LogP contribution >= 0.6 is 0 Å². The van der Waals surface area contributed by atoms with Gasteiger partial charge in [-0.15, -0.1) is 0 Å². The van der Waals surface area contributed by atoms with Gasteiger partial charge in [-0.05, 0) is 19.3 Å². The third-order valence-electron chi connectivity index (χ3n) is 6.33. The summed E-state index contributed by atoms with van der Waals surface area (Å²) < 4.78 is 0. The minimum absolute atomic E-state index is 0.0457. The lowest BCUT2D eigenvalue weighted by Crippen LogP contribution is -2.39. The van der Waals surface area contributed by atoms with Crippen molar-refractivity contribution in [1.29, 1.82) is 0 Å². The molecule has 0 saturated heterocycles. The molecule has 0 saturated carbocycles. The molecule has 0 bridgehead atoms. The van der Waals surface area contributed by atoms with E-state index >= 15 is 0 Å². The van der Waals surface area contributed by atoms with Crippen molar-refractivity contribution in [2.45, 2.75) is 149 Å². The molecule has 0 heterocycles. The molecule has 0 rings (SSSR count). The Hall–Kier alpha value is -0.860. The molecule has 0 amide bonds. The number of aliphatic carboxylic acids is 1. The number of unbranched alkanes of at least 4 members (excludes halogenated alkanes) is 14. The second-order valence-electron chi connectivity index (χ2n) is 9.01. The van der Waals surface area contributed by atoms with Crippen molar-refractivity contribution in [1.82, 2.24) is 0 Å². The van der Waals surface area contributed by atoms with Crippen molar-refractivity contribution in [2.24, 2.45) is 5.41 Å². The normalized spacial score (nSPS) is 13.3. The van der Waals surface area contributed by atoms with E-state index in [1.54, 1.807) is 0 Å². The summed E-state index contributed by atoms with van der Waals surface area (Å²) in [6.45, 7) is 6.28. The Labute approximate surface area is 181 Å². The molecule has 3 heteroatoms. The van der Waals surface area contributed by atoms with Crippen molar-refractivity contribution in [3.05, 3.63) is 0 Å². The number of carbonyl (C=O) groups excluding carboxylic acids is 1. The summed E-state index contributed by atoms with van der Waals surface area (Å²) in [5, 5.41) is 9.83. The molecule has 0 aliphatic rings. The summed E-state index contributed by atoms with van der Waals surface area (Å²) in [4.78, 5) is 24.6. The van der Waals surface area contributed by atoms with Crippen molar-refractivity contribution >= 4 is 11.8 Å². The van der Waals surface area contributed by atoms with Crippen LogP contribution in [0, 0.1) is 5.41 Å². The van der Waals surface area contributed by atoms with Gasteiger partial charge in [0.1, 0.15) is 11.2 Å². The van der Waals surface area contributed by atoms with Crippen LogP contribution < -0.4 is 0 Å². The fourth-order valence-electron chi connectivity index (χ4n) is 4.30. The van der Waals surface area contributed by atoms with Crippen molar-refractivity contribution < 1.29 is 14.7 Å². The van der Waals surface area contributed by atoms with Crippen LogP contribution in [-0.4, -0.2) is 16.9 Å². The van der Waals surface area contributed by atoms with E-state index < -0.39 is 11.4 Å². The molecule has 0 fully saturated rings. The molecule has 3 nitrogen and oxygen atoms in total. The first kappa shape index (κ1) is 28.1. The first-order valence-electron chi connectivity index (χ1n) is 12.8. The summed E-state index contributed by atoms with van der Waals surface area (Å²) >= 11 is 0. The lowest BCUT2D eigenvalue weighted by Gasteiger charge is -2.28. The summed E-state index contributed by atoms with van der Waals surface area (Å²) in [6.07, 6.45) is 21.9. The van der Waals surface area contributed by atoms with Crippen LogP contribution in [0.5, 0.6) is 0 Å². The molecule has 0 aromatic heterocycles. The van der Waals surface area contributed by atoms with E-state index in [1.165, 1.54) is 77.0 Å². The Balaban J connectivity index is 3.92. The molecule has 0 radical (unpaired) electrons. The van der Waals surface area contributed by atoms with Crippen molar-refractivity contribution in [2.75, 3.05) is 0 Å². The number of carboxylic acids is 1. The van der Waals surface area contributed by atoms with Gasteiger partial charge in [-0.1, -0.05) is 124 Å². The zero-order valence-corrected chi connectivity index (χ0v) is 19.9. The van der Waals surface area contributed by atoms with Crippen molar-refractivity contribution in [3.63, 3.8) is 0 Å². The van der Waals surface area contributed by atoms with Crippen LogP contribution in [0.3, 0.4) is 0 Å². The van der Waals surface area contributed by atoms with Gasteiger partial charge in [-0.3, -0.25) is 9.59 Å². The number of carbonyl (C=O) groups is 2. The Morgan fingerprint density at radius 2 is 0.931 bits per heavy atom. The van der Waals surface area contributed by atoms with Gasteiger partial charge in [0.05, 0.1) is 0 Å². The number of hydrogen-bond donors (Lipinski definition) is 1.